The Bertz CT molecular complexity index is 835. The number of nitrogens with one attached hydrogen (secondary N) is 1. The molecule has 1 amide bonds. The minimum atomic E-state index is -0.0319. The van der Waals surface area contributed by atoms with Gasteiger partial charge in [0.2, 0.25) is 5.91 Å². The van der Waals surface area contributed by atoms with Gasteiger partial charge in [-0.25, -0.2) is 4.98 Å². The van der Waals surface area contributed by atoms with Gasteiger partial charge in [-0.15, -0.1) is 0 Å². The van der Waals surface area contributed by atoms with E-state index in [9.17, 15) is 4.79 Å². The highest BCUT2D eigenvalue weighted by Gasteiger charge is 2.28. The van der Waals surface area contributed by atoms with Crippen molar-refractivity contribution in [3.8, 4) is 11.5 Å². The van der Waals surface area contributed by atoms with E-state index in [0.717, 1.165) is 49.5 Å². The summed E-state index contributed by atoms with van der Waals surface area (Å²) in [6, 6.07) is 3.89. The van der Waals surface area contributed by atoms with Crippen molar-refractivity contribution in [2.24, 2.45) is 5.92 Å². The van der Waals surface area contributed by atoms with Gasteiger partial charge in [0.05, 0.1) is 18.5 Å². The number of fused-ring (bicyclic) bond motifs is 1. The van der Waals surface area contributed by atoms with Crippen LogP contribution in [0.5, 0.6) is 11.5 Å². The standard InChI is InChI=1S/C21H26N4O3/c1-3-27-19-11-16-10-14(2)28-18(16)12-17(19)24-21(26)15-4-8-25(9-5-15)20-13-22-6-7-23-20/h6-7,11-15H,3-5,8-10H2,1-2H3,(H,24,26). The van der Waals surface area contributed by atoms with Crippen LogP contribution in [0.1, 0.15) is 32.3 Å². The Morgan fingerprint density at radius 3 is 2.86 bits per heavy atom. The average Bonchev–Trinajstić information content (AvgIpc) is 3.08. The summed E-state index contributed by atoms with van der Waals surface area (Å²) in [6.07, 6.45) is 7.71. The molecule has 1 atom stereocenters. The van der Waals surface area contributed by atoms with Crippen LogP contribution >= 0.6 is 0 Å². The second kappa shape index (κ2) is 8.04. The Morgan fingerprint density at radius 1 is 1.32 bits per heavy atom. The van der Waals surface area contributed by atoms with E-state index in [1.165, 1.54) is 0 Å². The zero-order valence-electron chi connectivity index (χ0n) is 16.4. The molecule has 1 aromatic carbocycles. The Kier molecular flexibility index (Phi) is 5.32. The third-order valence-corrected chi connectivity index (χ3v) is 5.30. The van der Waals surface area contributed by atoms with Crippen LogP contribution in [0.25, 0.3) is 0 Å². The van der Waals surface area contributed by atoms with Crippen molar-refractivity contribution in [3.63, 3.8) is 0 Å². The fourth-order valence-electron chi connectivity index (χ4n) is 3.87. The fraction of sp³-hybridized carbons (Fsp3) is 0.476. The second-order valence-corrected chi connectivity index (χ2v) is 7.34. The van der Waals surface area contributed by atoms with Crippen LogP contribution < -0.4 is 19.7 Å². The maximum absolute atomic E-state index is 12.9. The van der Waals surface area contributed by atoms with Crippen LogP contribution in [0.15, 0.2) is 30.7 Å². The first kappa shape index (κ1) is 18.5. The lowest BCUT2D eigenvalue weighted by Gasteiger charge is -2.32. The van der Waals surface area contributed by atoms with Gasteiger partial charge < -0.3 is 19.7 Å². The topological polar surface area (TPSA) is 76.6 Å². The molecule has 1 unspecified atom stereocenters. The smallest absolute Gasteiger partial charge is 0.227 e. The maximum atomic E-state index is 12.9. The predicted molar refractivity (Wildman–Crippen MR) is 107 cm³/mol. The van der Waals surface area contributed by atoms with E-state index in [-0.39, 0.29) is 17.9 Å². The van der Waals surface area contributed by atoms with Gasteiger partial charge in [-0.05, 0) is 32.8 Å². The molecule has 1 aromatic heterocycles. The van der Waals surface area contributed by atoms with Gasteiger partial charge in [-0.2, -0.15) is 0 Å². The van der Waals surface area contributed by atoms with E-state index in [1.807, 2.05) is 26.0 Å². The van der Waals surface area contributed by atoms with Crippen molar-refractivity contribution in [1.29, 1.82) is 0 Å². The normalized spacial score (nSPS) is 19.1. The monoisotopic (exact) mass is 382 g/mol. The molecule has 2 aliphatic heterocycles. The molecular formula is C21H26N4O3. The first-order valence-electron chi connectivity index (χ1n) is 9.92. The molecule has 1 fully saturated rings. The third kappa shape index (κ3) is 3.88. The Morgan fingerprint density at radius 2 is 2.14 bits per heavy atom. The molecule has 7 heteroatoms. The summed E-state index contributed by atoms with van der Waals surface area (Å²) in [5.74, 6) is 2.42. The summed E-state index contributed by atoms with van der Waals surface area (Å²) >= 11 is 0. The molecular weight excluding hydrogens is 356 g/mol. The average molecular weight is 382 g/mol. The van der Waals surface area contributed by atoms with Crippen LogP contribution in [-0.4, -0.2) is 41.7 Å². The van der Waals surface area contributed by atoms with Gasteiger partial charge >= 0.3 is 0 Å². The minimum Gasteiger partial charge on any atom is -0.492 e. The molecule has 28 heavy (non-hydrogen) atoms. The number of carbonyl (C=O) groups is 1. The van der Waals surface area contributed by atoms with Crippen molar-refractivity contribution in [3.05, 3.63) is 36.3 Å². The number of ether oxygens (including phenoxy) is 2. The van der Waals surface area contributed by atoms with Gasteiger partial charge in [-0.3, -0.25) is 9.78 Å². The first-order valence-corrected chi connectivity index (χ1v) is 9.92. The lowest BCUT2D eigenvalue weighted by molar-refractivity contribution is -0.120. The number of hydrogen-bond donors (Lipinski definition) is 1. The summed E-state index contributed by atoms with van der Waals surface area (Å²) in [7, 11) is 0. The first-order chi connectivity index (χ1) is 13.6. The molecule has 4 rings (SSSR count). The molecule has 0 aliphatic carbocycles. The molecule has 7 nitrogen and oxygen atoms in total. The largest absolute Gasteiger partial charge is 0.492 e. The van der Waals surface area contributed by atoms with Crippen LogP contribution in [0.2, 0.25) is 0 Å². The summed E-state index contributed by atoms with van der Waals surface area (Å²) in [6.45, 7) is 6.12. The Labute approximate surface area is 165 Å². The van der Waals surface area contributed by atoms with E-state index < -0.39 is 0 Å². The zero-order valence-corrected chi connectivity index (χ0v) is 16.4. The highest BCUT2D eigenvalue weighted by atomic mass is 16.5. The van der Waals surface area contributed by atoms with E-state index in [4.69, 9.17) is 9.47 Å². The van der Waals surface area contributed by atoms with Crippen molar-refractivity contribution >= 4 is 17.4 Å². The summed E-state index contributed by atoms with van der Waals surface area (Å²) in [5, 5.41) is 3.07. The quantitative estimate of drug-likeness (QED) is 0.857. The Hall–Kier alpha value is -2.83. The van der Waals surface area contributed by atoms with Crippen molar-refractivity contribution in [2.45, 2.75) is 39.2 Å². The van der Waals surface area contributed by atoms with Crippen LogP contribution in [0, 0.1) is 5.92 Å². The summed E-state index contributed by atoms with van der Waals surface area (Å²) in [5.41, 5.74) is 1.82. The number of carbonyl (C=O) groups excluding carboxylic acids is 1. The number of rotatable bonds is 5. The van der Waals surface area contributed by atoms with Gasteiger partial charge in [-0.1, -0.05) is 0 Å². The van der Waals surface area contributed by atoms with Gasteiger partial charge in [0.1, 0.15) is 23.4 Å². The molecule has 148 valence electrons. The van der Waals surface area contributed by atoms with Crippen molar-refractivity contribution in [2.75, 3.05) is 29.9 Å². The van der Waals surface area contributed by atoms with E-state index >= 15 is 0 Å². The van der Waals surface area contributed by atoms with Crippen molar-refractivity contribution < 1.29 is 14.3 Å². The highest BCUT2D eigenvalue weighted by Crippen LogP contribution is 2.38. The number of piperidine rings is 1. The molecule has 0 spiro atoms. The molecule has 0 saturated carbocycles. The number of hydrogen-bond acceptors (Lipinski definition) is 6. The van der Waals surface area contributed by atoms with Crippen molar-refractivity contribution in [1.82, 2.24) is 9.97 Å². The van der Waals surface area contributed by atoms with Gasteiger partial charge in [0.25, 0.3) is 0 Å². The molecule has 2 aliphatic rings. The van der Waals surface area contributed by atoms with Crippen LogP contribution in [-0.2, 0) is 11.2 Å². The molecule has 2 aromatic rings. The summed E-state index contributed by atoms with van der Waals surface area (Å²) in [4.78, 5) is 23.5. The SMILES string of the molecule is CCOc1cc2c(cc1NC(=O)C1CCN(c3cnccn3)CC1)OC(C)C2. The molecule has 0 radical (unpaired) electrons. The minimum absolute atomic E-state index is 0.0319. The van der Waals surface area contributed by atoms with Gasteiger partial charge in [0, 0.05) is 49.5 Å². The highest BCUT2D eigenvalue weighted by molar-refractivity contribution is 5.94. The maximum Gasteiger partial charge on any atom is 0.227 e. The predicted octanol–water partition coefficient (Wildman–Crippen LogP) is 3.05. The lowest BCUT2D eigenvalue weighted by Crippen LogP contribution is -2.38. The molecule has 1 saturated heterocycles. The fourth-order valence-corrected chi connectivity index (χ4v) is 3.87. The molecule has 0 bridgehead atoms. The lowest BCUT2D eigenvalue weighted by atomic mass is 9.95. The van der Waals surface area contributed by atoms with E-state index in [2.05, 4.69) is 20.2 Å². The Balaban J connectivity index is 1.42. The zero-order chi connectivity index (χ0) is 19.5. The number of benzene rings is 1. The van der Waals surface area contributed by atoms with Gasteiger partial charge in [0.15, 0.2) is 0 Å². The molecule has 1 N–H and O–H groups in total. The number of amides is 1. The third-order valence-electron chi connectivity index (χ3n) is 5.30. The number of nitrogens with zero attached hydrogens (tertiary/aromatic N) is 3. The number of anilines is 2. The van der Waals surface area contributed by atoms with Crippen LogP contribution in [0.3, 0.4) is 0 Å². The number of aromatic nitrogens is 2. The van der Waals surface area contributed by atoms with E-state index in [1.54, 1.807) is 18.6 Å². The second-order valence-electron chi connectivity index (χ2n) is 7.34. The van der Waals surface area contributed by atoms with E-state index in [0.29, 0.717) is 18.0 Å². The summed E-state index contributed by atoms with van der Waals surface area (Å²) < 4.78 is 11.6. The molecule has 3 heterocycles. The van der Waals surface area contributed by atoms with Crippen LogP contribution in [0.4, 0.5) is 11.5 Å².